The maximum absolute atomic E-state index is 12.1. The molecule has 2 aromatic rings. The van der Waals surface area contributed by atoms with Crippen LogP contribution in [0.1, 0.15) is 34.0 Å². The second-order valence-electron chi connectivity index (χ2n) is 5.44. The zero-order valence-electron chi connectivity index (χ0n) is 13.2. The first-order valence-corrected chi connectivity index (χ1v) is 8.14. The Morgan fingerprint density at radius 2 is 1.96 bits per heavy atom. The molecule has 0 fully saturated rings. The number of amides is 2. The number of primary amides is 1. The van der Waals surface area contributed by atoms with Crippen molar-refractivity contribution >= 4 is 23.3 Å². The average Bonchev–Trinajstić information content (AvgIpc) is 2.97. The third kappa shape index (κ3) is 5.41. The molecule has 0 aliphatic rings. The number of nitrogens with two attached hydrogens (primary N) is 1. The molecule has 23 heavy (non-hydrogen) atoms. The van der Waals surface area contributed by atoms with Crippen molar-refractivity contribution in [3.63, 3.8) is 0 Å². The van der Waals surface area contributed by atoms with E-state index in [2.05, 4.69) is 11.4 Å². The molecular formula is C17H20N2O3S. The summed E-state index contributed by atoms with van der Waals surface area (Å²) in [5, 5.41) is 4.46. The predicted octanol–water partition coefficient (Wildman–Crippen LogP) is 3.21. The molecule has 0 aliphatic heterocycles. The van der Waals surface area contributed by atoms with Crippen molar-refractivity contribution in [2.45, 2.75) is 32.9 Å². The molecule has 6 heteroatoms. The van der Waals surface area contributed by atoms with Gasteiger partial charge in [0.25, 0.3) is 0 Å². The van der Waals surface area contributed by atoms with E-state index in [1.807, 2.05) is 43.5 Å². The van der Waals surface area contributed by atoms with Crippen LogP contribution in [0, 0.1) is 13.8 Å². The minimum absolute atomic E-state index is 0.0499. The number of benzene rings is 1. The lowest BCUT2D eigenvalue weighted by molar-refractivity contribution is -0.145. The van der Waals surface area contributed by atoms with Crippen molar-refractivity contribution in [3.8, 4) is 0 Å². The number of thiophene rings is 1. The van der Waals surface area contributed by atoms with Gasteiger partial charge in [-0.1, -0.05) is 35.4 Å². The van der Waals surface area contributed by atoms with Gasteiger partial charge >= 0.3 is 12.0 Å². The largest absolute Gasteiger partial charge is 0.461 e. The highest BCUT2D eigenvalue weighted by molar-refractivity contribution is 7.10. The lowest BCUT2D eigenvalue weighted by atomic mass is 10.1. The standard InChI is InChI=1S/C17H20N2O3S/c1-11-6-12(2)8-13(7-11)10-22-16(20)9-14(19-17(18)21)15-4-3-5-23-15/h3-8,14H,9-10H2,1-2H3,(H3,18,19,21)/t14-/m1/s1. The summed E-state index contributed by atoms with van der Waals surface area (Å²) in [4.78, 5) is 24.0. The molecule has 0 spiro atoms. The summed E-state index contributed by atoms with van der Waals surface area (Å²) in [5.74, 6) is -0.378. The van der Waals surface area contributed by atoms with E-state index < -0.39 is 12.1 Å². The van der Waals surface area contributed by atoms with Crippen LogP contribution in [0.3, 0.4) is 0 Å². The Morgan fingerprint density at radius 3 is 2.52 bits per heavy atom. The van der Waals surface area contributed by atoms with Gasteiger partial charge in [0.15, 0.2) is 0 Å². The molecule has 122 valence electrons. The topological polar surface area (TPSA) is 81.4 Å². The van der Waals surface area contributed by atoms with Crippen LogP contribution in [0.2, 0.25) is 0 Å². The second kappa shape index (κ2) is 7.78. The first kappa shape index (κ1) is 17.0. The number of ether oxygens (including phenoxy) is 1. The molecule has 1 aromatic heterocycles. The molecular weight excluding hydrogens is 312 g/mol. The van der Waals surface area contributed by atoms with Crippen molar-refractivity contribution < 1.29 is 14.3 Å². The summed E-state index contributed by atoms with van der Waals surface area (Å²) < 4.78 is 5.32. The first-order valence-electron chi connectivity index (χ1n) is 7.26. The summed E-state index contributed by atoms with van der Waals surface area (Å²) >= 11 is 1.46. The number of carbonyl (C=O) groups excluding carboxylic acids is 2. The normalized spacial score (nSPS) is 11.7. The average molecular weight is 332 g/mol. The highest BCUT2D eigenvalue weighted by Crippen LogP contribution is 2.22. The van der Waals surface area contributed by atoms with Crippen LogP contribution in [-0.2, 0) is 16.1 Å². The Hall–Kier alpha value is -2.34. The second-order valence-corrected chi connectivity index (χ2v) is 6.42. The number of carbonyl (C=O) groups is 2. The Bertz CT molecular complexity index is 663. The van der Waals surface area contributed by atoms with Gasteiger partial charge in [0, 0.05) is 4.88 Å². The van der Waals surface area contributed by atoms with Crippen molar-refractivity contribution in [1.82, 2.24) is 5.32 Å². The van der Waals surface area contributed by atoms with Crippen molar-refractivity contribution in [2.24, 2.45) is 5.73 Å². The Kier molecular flexibility index (Phi) is 5.76. The summed E-state index contributed by atoms with van der Waals surface area (Å²) in [6.07, 6.45) is 0.0499. The Morgan fingerprint density at radius 1 is 1.26 bits per heavy atom. The zero-order valence-corrected chi connectivity index (χ0v) is 14.0. The zero-order chi connectivity index (χ0) is 16.8. The van der Waals surface area contributed by atoms with Gasteiger partial charge in [0.1, 0.15) is 6.61 Å². The van der Waals surface area contributed by atoms with Crippen LogP contribution in [-0.4, -0.2) is 12.0 Å². The van der Waals surface area contributed by atoms with Crippen molar-refractivity contribution in [3.05, 3.63) is 57.3 Å². The smallest absolute Gasteiger partial charge is 0.312 e. The number of hydrogen-bond acceptors (Lipinski definition) is 4. The van der Waals surface area contributed by atoms with Crippen LogP contribution in [0.15, 0.2) is 35.7 Å². The fourth-order valence-electron chi connectivity index (χ4n) is 2.43. The van der Waals surface area contributed by atoms with E-state index in [0.717, 1.165) is 21.6 Å². The maximum Gasteiger partial charge on any atom is 0.312 e. The molecule has 0 radical (unpaired) electrons. The van der Waals surface area contributed by atoms with E-state index >= 15 is 0 Å². The fraction of sp³-hybridized carbons (Fsp3) is 0.294. The van der Waals surface area contributed by atoms with E-state index in [1.54, 1.807) is 0 Å². The van der Waals surface area contributed by atoms with Crippen LogP contribution >= 0.6 is 11.3 Å². The molecule has 0 unspecified atom stereocenters. The molecule has 5 nitrogen and oxygen atoms in total. The third-order valence-electron chi connectivity index (χ3n) is 3.26. The molecule has 2 rings (SSSR count). The number of rotatable bonds is 6. The van der Waals surface area contributed by atoms with E-state index in [9.17, 15) is 9.59 Å². The number of hydrogen-bond donors (Lipinski definition) is 2. The lowest BCUT2D eigenvalue weighted by Gasteiger charge is -2.15. The quantitative estimate of drug-likeness (QED) is 0.797. The molecule has 0 saturated heterocycles. The molecule has 1 aromatic carbocycles. The number of nitrogens with one attached hydrogen (secondary N) is 1. The highest BCUT2D eigenvalue weighted by Gasteiger charge is 2.19. The summed E-state index contributed by atoms with van der Waals surface area (Å²) in [6, 6.07) is 8.62. The van der Waals surface area contributed by atoms with Crippen molar-refractivity contribution in [2.75, 3.05) is 0 Å². The van der Waals surface area contributed by atoms with E-state index in [1.165, 1.54) is 11.3 Å². The molecule has 3 N–H and O–H groups in total. The van der Waals surface area contributed by atoms with Crippen LogP contribution in [0.25, 0.3) is 0 Å². The maximum atomic E-state index is 12.1. The number of esters is 1. The molecule has 1 heterocycles. The third-order valence-corrected chi connectivity index (χ3v) is 4.24. The molecule has 0 bridgehead atoms. The van der Waals surface area contributed by atoms with Gasteiger partial charge in [0.05, 0.1) is 12.5 Å². The van der Waals surface area contributed by atoms with Gasteiger partial charge in [-0.2, -0.15) is 0 Å². The monoisotopic (exact) mass is 332 g/mol. The van der Waals surface area contributed by atoms with Gasteiger partial charge < -0.3 is 15.8 Å². The molecule has 1 atom stereocenters. The van der Waals surface area contributed by atoms with E-state index in [0.29, 0.717) is 0 Å². The minimum atomic E-state index is -0.662. The van der Waals surface area contributed by atoms with Gasteiger partial charge in [-0.25, -0.2) is 4.79 Å². The Balaban J connectivity index is 1.95. The molecule has 0 aliphatic carbocycles. The van der Waals surface area contributed by atoms with Crippen LogP contribution in [0.4, 0.5) is 4.79 Å². The number of urea groups is 1. The minimum Gasteiger partial charge on any atom is -0.461 e. The lowest BCUT2D eigenvalue weighted by Crippen LogP contribution is -2.34. The predicted molar refractivity (Wildman–Crippen MR) is 90.1 cm³/mol. The van der Waals surface area contributed by atoms with Crippen molar-refractivity contribution in [1.29, 1.82) is 0 Å². The van der Waals surface area contributed by atoms with Gasteiger partial charge in [-0.15, -0.1) is 11.3 Å². The summed E-state index contributed by atoms with van der Waals surface area (Å²) in [6.45, 7) is 4.22. The molecule has 0 saturated carbocycles. The van der Waals surface area contributed by atoms with E-state index in [-0.39, 0.29) is 19.0 Å². The highest BCUT2D eigenvalue weighted by atomic mass is 32.1. The molecule has 2 amide bonds. The van der Waals surface area contributed by atoms with Gasteiger partial charge in [0.2, 0.25) is 0 Å². The number of aryl methyl sites for hydroxylation is 2. The van der Waals surface area contributed by atoms with E-state index in [4.69, 9.17) is 10.5 Å². The fourth-order valence-corrected chi connectivity index (χ4v) is 3.20. The SMILES string of the molecule is Cc1cc(C)cc(COC(=O)C[C@@H](NC(N)=O)c2cccs2)c1. The summed E-state index contributed by atoms with van der Waals surface area (Å²) in [5.41, 5.74) is 8.38. The summed E-state index contributed by atoms with van der Waals surface area (Å²) in [7, 11) is 0. The van der Waals surface area contributed by atoms with Gasteiger partial charge in [-0.3, -0.25) is 4.79 Å². The van der Waals surface area contributed by atoms with Gasteiger partial charge in [-0.05, 0) is 30.9 Å². The van der Waals surface area contributed by atoms with Crippen LogP contribution in [0.5, 0.6) is 0 Å². The van der Waals surface area contributed by atoms with Crippen LogP contribution < -0.4 is 11.1 Å². The first-order chi connectivity index (χ1) is 10.9. The Labute approximate surface area is 139 Å².